The SMILES string of the molecule is COc1nn(C)cc1C(=O)N1CCC(Cn2nc(C3CC3)ccc2=O)CC1. The number of ether oxygens (including phenoxy) is 1. The van der Waals surface area contributed by atoms with Gasteiger partial charge < -0.3 is 9.64 Å². The number of methoxy groups -OCH3 is 1. The van der Waals surface area contributed by atoms with E-state index in [-0.39, 0.29) is 11.5 Å². The molecule has 1 saturated heterocycles. The van der Waals surface area contributed by atoms with Crippen LogP contribution in [0.3, 0.4) is 0 Å². The molecular weight excluding hydrogens is 346 g/mol. The highest BCUT2D eigenvalue weighted by molar-refractivity contribution is 5.96. The highest BCUT2D eigenvalue weighted by Gasteiger charge is 2.28. The number of rotatable bonds is 5. The van der Waals surface area contributed by atoms with Crippen molar-refractivity contribution in [3.63, 3.8) is 0 Å². The Labute approximate surface area is 157 Å². The van der Waals surface area contributed by atoms with Gasteiger partial charge in [-0.3, -0.25) is 14.3 Å². The van der Waals surface area contributed by atoms with Gasteiger partial charge >= 0.3 is 0 Å². The summed E-state index contributed by atoms with van der Waals surface area (Å²) < 4.78 is 8.40. The van der Waals surface area contributed by atoms with E-state index in [0.29, 0.717) is 42.9 Å². The molecule has 1 aliphatic heterocycles. The molecule has 2 fully saturated rings. The minimum Gasteiger partial charge on any atom is -0.479 e. The summed E-state index contributed by atoms with van der Waals surface area (Å²) in [7, 11) is 3.29. The first-order valence-corrected chi connectivity index (χ1v) is 9.50. The molecule has 2 aromatic rings. The van der Waals surface area contributed by atoms with Crippen molar-refractivity contribution in [3.05, 3.63) is 39.9 Å². The topological polar surface area (TPSA) is 82.2 Å². The molecule has 2 aliphatic rings. The summed E-state index contributed by atoms with van der Waals surface area (Å²) in [6, 6.07) is 3.49. The molecule has 27 heavy (non-hydrogen) atoms. The number of hydrogen-bond donors (Lipinski definition) is 0. The molecule has 0 atom stereocenters. The molecule has 0 radical (unpaired) electrons. The number of likely N-dealkylation sites (tertiary alicyclic amines) is 1. The van der Waals surface area contributed by atoms with Crippen molar-refractivity contribution >= 4 is 5.91 Å². The molecule has 1 amide bonds. The van der Waals surface area contributed by atoms with Crippen molar-refractivity contribution in [2.45, 2.75) is 38.1 Å². The van der Waals surface area contributed by atoms with Gasteiger partial charge in [-0.2, -0.15) is 5.10 Å². The standard InChI is InChI=1S/C19H25N5O3/c1-22-12-15(18(21-22)27-2)19(26)23-9-7-13(8-10-23)11-24-17(25)6-5-16(20-24)14-3-4-14/h5-6,12-14H,3-4,7-11H2,1-2H3. The van der Waals surface area contributed by atoms with Gasteiger partial charge in [0.2, 0.25) is 5.88 Å². The fraction of sp³-hybridized carbons (Fsp3) is 0.579. The minimum absolute atomic E-state index is 0.0435. The first-order chi connectivity index (χ1) is 13.0. The van der Waals surface area contributed by atoms with Gasteiger partial charge in [0.1, 0.15) is 5.56 Å². The number of hydrogen-bond acceptors (Lipinski definition) is 5. The van der Waals surface area contributed by atoms with E-state index in [2.05, 4.69) is 10.2 Å². The van der Waals surface area contributed by atoms with Gasteiger partial charge in [-0.25, -0.2) is 4.68 Å². The highest BCUT2D eigenvalue weighted by atomic mass is 16.5. The largest absolute Gasteiger partial charge is 0.479 e. The van der Waals surface area contributed by atoms with Gasteiger partial charge in [-0.1, -0.05) is 0 Å². The molecule has 0 aromatic carbocycles. The van der Waals surface area contributed by atoms with Gasteiger partial charge in [-0.15, -0.1) is 5.10 Å². The number of carbonyl (C=O) groups excluding carboxylic acids is 1. The van der Waals surface area contributed by atoms with Crippen LogP contribution in [0.1, 0.15) is 47.7 Å². The molecule has 0 N–H and O–H groups in total. The Hall–Kier alpha value is -2.64. The Morgan fingerprint density at radius 1 is 1.19 bits per heavy atom. The van der Waals surface area contributed by atoms with Crippen molar-refractivity contribution in [3.8, 4) is 5.88 Å². The van der Waals surface area contributed by atoms with Crippen LogP contribution in [0.15, 0.2) is 23.1 Å². The molecule has 8 nitrogen and oxygen atoms in total. The Kier molecular flexibility index (Phi) is 4.72. The fourth-order valence-corrected chi connectivity index (χ4v) is 3.69. The molecule has 0 spiro atoms. The summed E-state index contributed by atoms with van der Waals surface area (Å²) in [6.07, 6.45) is 5.75. The molecule has 3 heterocycles. The summed E-state index contributed by atoms with van der Waals surface area (Å²) >= 11 is 0. The maximum absolute atomic E-state index is 12.8. The third kappa shape index (κ3) is 3.74. The average molecular weight is 371 g/mol. The lowest BCUT2D eigenvalue weighted by Crippen LogP contribution is -2.40. The summed E-state index contributed by atoms with van der Waals surface area (Å²) in [5.41, 5.74) is 1.48. The van der Waals surface area contributed by atoms with Crippen molar-refractivity contribution in [2.24, 2.45) is 13.0 Å². The molecule has 1 saturated carbocycles. The number of amides is 1. The monoisotopic (exact) mass is 371 g/mol. The fourth-order valence-electron chi connectivity index (χ4n) is 3.69. The van der Waals surface area contributed by atoms with Crippen LogP contribution in [0, 0.1) is 5.92 Å². The van der Waals surface area contributed by atoms with Crippen LogP contribution in [0.5, 0.6) is 5.88 Å². The minimum atomic E-state index is -0.0515. The summed E-state index contributed by atoms with van der Waals surface area (Å²) in [6.45, 7) is 1.95. The molecule has 1 aliphatic carbocycles. The second-order valence-corrected chi connectivity index (χ2v) is 7.51. The van der Waals surface area contributed by atoms with Crippen LogP contribution in [0.4, 0.5) is 0 Å². The summed E-state index contributed by atoms with van der Waals surface area (Å²) in [5, 5.41) is 8.71. The Morgan fingerprint density at radius 2 is 1.93 bits per heavy atom. The second kappa shape index (κ2) is 7.17. The van der Waals surface area contributed by atoms with Gasteiger partial charge in [0.05, 0.1) is 12.8 Å². The van der Waals surface area contributed by atoms with E-state index in [9.17, 15) is 9.59 Å². The number of aryl methyl sites for hydroxylation is 1. The Morgan fingerprint density at radius 3 is 2.59 bits per heavy atom. The maximum atomic E-state index is 12.8. The van der Waals surface area contributed by atoms with E-state index in [0.717, 1.165) is 18.5 Å². The zero-order valence-electron chi connectivity index (χ0n) is 15.8. The second-order valence-electron chi connectivity index (χ2n) is 7.51. The lowest BCUT2D eigenvalue weighted by Gasteiger charge is -2.31. The van der Waals surface area contributed by atoms with E-state index >= 15 is 0 Å². The van der Waals surface area contributed by atoms with Crippen LogP contribution in [0.25, 0.3) is 0 Å². The van der Waals surface area contributed by atoms with Crippen molar-refractivity contribution < 1.29 is 9.53 Å². The van der Waals surface area contributed by atoms with E-state index in [4.69, 9.17) is 4.74 Å². The van der Waals surface area contributed by atoms with Gasteiger partial charge in [0, 0.05) is 44.9 Å². The normalized spacial score (nSPS) is 17.9. The van der Waals surface area contributed by atoms with Crippen molar-refractivity contribution in [2.75, 3.05) is 20.2 Å². The van der Waals surface area contributed by atoms with Crippen LogP contribution >= 0.6 is 0 Å². The first kappa shape index (κ1) is 17.8. The van der Waals surface area contributed by atoms with E-state index in [1.807, 2.05) is 11.0 Å². The van der Waals surface area contributed by atoms with Crippen LogP contribution < -0.4 is 10.3 Å². The zero-order valence-corrected chi connectivity index (χ0v) is 15.8. The Bertz CT molecular complexity index is 891. The van der Waals surface area contributed by atoms with E-state index in [1.165, 1.54) is 20.0 Å². The summed E-state index contributed by atoms with van der Waals surface area (Å²) in [5.74, 6) is 1.19. The Balaban J connectivity index is 1.38. The molecule has 0 unspecified atom stereocenters. The molecule has 144 valence electrons. The van der Waals surface area contributed by atoms with Crippen LogP contribution in [-0.2, 0) is 13.6 Å². The van der Waals surface area contributed by atoms with Crippen LogP contribution in [-0.4, -0.2) is 50.6 Å². The van der Waals surface area contributed by atoms with Crippen molar-refractivity contribution in [1.82, 2.24) is 24.5 Å². The van der Waals surface area contributed by atoms with Gasteiger partial charge in [0.15, 0.2) is 0 Å². The number of carbonyl (C=O) groups is 1. The van der Waals surface area contributed by atoms with Crippen LogP contribution in [0.2, 0.25) is 0 Å². The lowest BCUT2D eigenvalue weighted by atomic mass is 9.96. The third-order valence-electron chi connectivity index (χ3n) is 5.43. The molecule has 0 bridgehead atoms. The maximum Gasteiger partial charge on any atom is 0.266 e. The van der Waals surface area contributed by atoms with Crippen molar-refractivity contribution in [1.29, 1.82) is 0 Å². The molecule has 2 aromatic heterocycles. The smallest absolute Gasteiger partial charge is 0.266 e. The first-order valence-electron chi connectivity index (χ1n) is 9.50. The van der Waals surface area contributed by atoms with E-state index in [1.54, 1.807) is 28.7 Å². The predicted octanol–water partition coefficient (Wildman–Crippen LogP) is 1.42. The quantitative estimate of drug-likeness (QED) is 0.794. The number of nitrogens with zero attached hydrogens (tertiary/aromatic N) is 5. The van der Waals surface area contributed by atoms with E-state index < -0.39 is 0 Å². The molecule has 8 heteroatoms. The highest BCUT2D eigenvalue weighted by Crippen LogP contribution is 2.38. The zero-order chi connectivity index (χ0) is 19.0. The number of piperidine rings is 1. The predicted molar refractivity (Wildman–Crippen MR) is 98.9 cm³/mol. The lowest BCUT2D eigenvalue weighted by molar-refractivity contribution is 0.0677. The van der Waals surface area contributed by atoms with Gasteiger partial charge in [-0.05, 0) is 37.7 Å². The third-order valence-corrected chi connectivity index (χ3v) is 5.43. The molecular formula is C19H25N5O3. The molecule has 4 rings (SSSR count). The summed E-state index contributed by atoms with van der Waals surface area (Å²) in [4.78, 5) is 26.7. The van der Waals surface area contributed by atoms with Gasteiger partial charge in [0.25, 0.3) is 11.5 Å². The number of aromatic nitrogens is 4. The average Bonchev–Trinajstić information content (AvgIpc) is 3.45.